The van der Waals surface area contributed by atoms with Crippen LogP contribution in [0.25, 0.3) is 11.3 Å². The van der Waals surface area contributed by atoms with Crippen molar-refractivity contribution >= 4 is 29.2 Å². The van der Waals surface area contributed by atoms with Crippen LogP contribution in [-0.4, -0.2) is 41.2 Å². The number of hydrogen-bond donors (Lipinski definition) is 3. The fourth-order valence-corrected chi connectivity index (χ4v) is 3.71. The second kappa shape index (κ2) is 12.6. The Hall–Kier alpha value is -3.79. The first kappa shape index (κ1) is 28.8. The van der Waals surface area contributed by atoms with Gasteiger partial charge in [0, 0.05) is 23.4 Å². The van der Waals surface area contributed by atoms with E-state index in [1.54, 1.807) is 36.4 Å². The Morgan fingerprint density at radius 1 is 1.08 bits per heavy atom. The third-order valence-electron chi connectivity index (χ3n) is 5.67. The molecule has 11 heteroatoms. The van der Waals surface area contributed by atoms with Crippen molar-refractivity contribution in [1.29, 1.82) is 0 Å². The number of alkyl halides is 3. The highest BCUT2D eigenvalue weighted by Crippen LogP contribution is 2.35. The molecule has 0 saturated heterocycles. The molecule has 0 radical (unpaired) electrons. The van der Waals surface area contributed by atoms with E-state index in [9.17, 15) is 22.8 Å². The number of carboxylic acid groups (broad SMARTS) is 1. The summed E-state index contributed by atoms with van der Waals surface area (Å²) in [5.74, 6) is -0.665. The Kier molecular flexibility index (Phi) is 9.57. The Labute approximate surface area is 223 Å². The first-order valence-corrected chi connectivity index (χ1v) is 12.1. The van der Waals surface area contributed by atoms with Crippen LogP contribution < -0.4 is 15.4 Å². The molecule has 3 aromatic rings. The van der Waals surface area contributed by atoms with Gasteiger partial charge in [0.05, 0.1) is 34.9 Å². The maximum absolute atomic E-state index is 12.9. The molecule has 0 saturated carbocycles. The van der Waals surface area contributed by atoms with Crippen LogP contribution in [0.5, 0.6) is 5.75 Å². The van der Waals surface area contributed by atoms with Gasteiger partial charge in [0.1, 0.15) is 12.4 Å². The number of nitrogens with zero attached hydrogens (tertiary/aromatic N) is 1. The Morgan fingerprint density at radius 2 is 1.79 bits per heavy atom. The molecular weight excluding hydrogens is 523 g/mol. The van der Waals surface area contributed by atoms with Gasteiger partial charge in [-0.05, 0) is 54.4 Å². The average Bonchev–Trinajstić information content (AvgIpc) is 2.86. The van der Waals surface area contributed by atoms with E-state index in [1.165, 1.54) is 12.3 Å². The average molecular weight is 550 g/mol. The third kappa shape index (κ3) is 8.11. The number of halogens is 4. The van der Waals surface area contributed by atoms with Crippen molar-refractivity contribution in [3.63, 3.8) is 0 Å². The number of ether oxygens (including phenoxy) is 1. The van der Waals surface area contributed by atoms with E-state index in [2.05, 4.69) is 15.6 Å². The lowest BCUT2D eigenvalue weighted by Crippen LogP contribution is -2.32. The lowest BCUT2D eigenvalue weighted by atomic mass is 10.0. The summed E-state index contributed by atoms with van der Waals surface area (Å²) in [4.78, 5) is 27.0. The SMILES string of the molecule is CC(C)[C@@H](COc1ccc(-c2ccc(C(F)(F)F)cc2Cl)nc1)Nc1ccc(C(=O)NCCC(=O)O)cc1. The van der Waals surface area contributed by atoms with Crippen LogP contribution >= 0.6 is 11.6 Å². The predicted molar refractivity (Wildman–Crippen MR) is 138 cm³/mol. The lowest BCUT2D eigenvalue weighted by Gasteiger charge is -2.24. The molecule has 7 nitrogen and oxygen atoms in total. The van der Waals surface area contributed by atoms with Crippen LogP contribution in [-0.2, 0) is 11.0 Å². The van der Waals surface area contributed by atoms with Gasteiger partial charge in [-0.1, -0.05) is 31.5 Å². The molecule has 0 unspecified atom stereocenters. The molecule has 0 aliphatic rings. The lowest BCUT2D eigenvalue weighted by molar-refractivity contribution is -0.138. The van der Waals surface area contributed by atoms with Crippen molar-refractivity contribution < 1.29 is 32.6 Å². The molecule has 1 heterocycles. The van der Waals surface area contributed by atoms with Crippen LogP contribution in [0.3, 0.4) is 0 Å². The molecule has 0 fully saturated rings. The van der Waals surface area contributed by atoms with Gasteiger partial charge in [0.15, 0.2) is 0 Å². The predicted octanol–water partition coefficient (Wildman–Crippen LogP) is 6.14. The van der Waals surface area contributed by atoms with Crippen molar-refractivity contribution in [2.75, 3.05) is 18.5 Å². The van der Waals surface area contributed by atoms with Gasteiger partial charge >= 0.3 is 12.1 Å². The quantitative estimate of drug-likeness (QED) is 0.266. The largest absolute Gasteiger partial charge is 0.490 e. The van der Waals surface area contributed by atoms with Gasteiger partial charge in [-0.3, -0.25) is 14.6 Å². The summed E-state index contributed by atoms with van der Waals surface area (Å²) in [5.41, 5.74) is 1.16. The van der Waals surface area contributed by atoms with Crippen LogP contribution in [0.2, 0.25) is 5.02 Å². The number of aliphatic carboxylic acids is 1. The molecule has 3 N–H and O–H groups in total. The maximum Gasteiger partial charge on any atom is 0.416 e. The number of carbonyl (C=O) groups excluding carboxylic acids is 1. The molecule has 38 heavy (non-hydrogen) atoms. The number of benzene rings is 2. The topological polar surface area (TPSA) is 101 Å². The summed E-state index contributed by atoms with van der Waals surface area (Å²) >= 11 is 6.06. The van der Waals surface area contributed by atoms with Gasteiger partial charge in [-0.15, -0.1) is 0 Å². The zero-order chi connectivity index (χ0) is 27.9. The molecule has 202 valence electrons. The molecule has 1 amide bonds. The first-order chi connectivity index (χ1) is 17.9. The number of anilines is 1. The summed E-state index contributed by atoms with van der Waals surface area (Å²) in [6.07, 6.45) is -3.14. The molecule has 0 spiro atoms. The van der Waals surface area contributed by atoms with E-state index in [-0.39, 0.29) is 35.9 Å². The standard InChI is InChI=1S/C27H27ClF3N3O4/c1-16(2)24(34-19-6-3-17(4-7-19)26(37)32-12-11-25(35)36)15-38-20-8-10-23(33-14-20)21-9-5-18(13-22(21)28)27(29,30)31/h3-10,13-14,16,24,34H,11-12,15H2,1-2H3,(H,32,37)(H,35,36)/t24-/m1/s1. The van der Waals surface area contributed by atoms with E-state index in [4.69, 9.17) is 21.4 Å². The minimum Gasteiger partial charge on any atom is -0.490 e. The van der Waals surface area contributed by atoms with E-state index in [0.717, 1.165) is 17.8 Å². The highest BCUT2D eigenvalue weighted by atomic mass is 35.5. The fraction of sp³-hybridized carbons (Fsp3) is 0.296. The molecular formula is C27H27ClF3N3O4. The van der Waals surface area contributed by atoms with Gasteiger partial charge in [-0.2, -0.15) is 13.2 Å². The molecule has 0 aliphatic carbocycles. The zero-order valence-electron chi connectivity index (χ0n) is 20.7. The summed E-state index contributed by atoms with van der Waals surface area (Å²) in [5, 5.41) is 14.5. The van der Waals surface area contributed by atoms with Gasteiger partial charge < -0.3 is 20.5 Å². The number of hydrogen-bond acceptors (Lipinski definition) is 5. The minimum atomic E-state index is -4.48. The smallest absolute Gasteiger partial charge is 0.416 e. The Bertz CT molecular complexity index is 1250. The van der Waals surface area contributed by atoms with E-state index in [0.29, 0.717) is 29.2 Å². The molecule has 0 bridgehead atoms. The normalized spacial score (nSPS) is 12.2. The monoisotopic (exact) mass is 549 g/mol. The van der Waals surface area contributed by atoms with E-state index < -0.39 is 17.7 Å². The number of carboxylic acids is 1. The van der Waals surface area contributed by atoms with Gasteiger partial charge in [0.2, 0.25) is 0 Å². The van der Waals surface area contributed by atoms with Crippen molar-refractivity contribution in [3.8, 4) is 17.0 Å². The molecule has 2 aromatic carbocycles. The van der Waals surface area contributed by atoms with Crippen LogP contribution in [0, 0.1) is 5.92 Å². The number of aromatic nitrogens is 1. The number of pyridine rings is 1. The number of rotatable bonds is 11. The third-order valence-corrected chi connectivity index (χ3v) is 5.98. The number of amides is 1. The fourth-order valence-electron chi connectivity index (χ4n) is 3.43. The summed E-state index contributed by atoms with van der Waals surface area (Å²) in [7, 11) is 0. The molecule has 1 atom stereocenters. The first-order valence-electron chi connectivity index (χ1n) is 11.8. The second-order valence-electron chi connectivity index (χ2n) is 8.85. The van der Waals surface area contributed by atoms with E-state index in [1.807, 2.05) is 13.8 Å². The minimum absolute atomic E-state index is 0.0474. The van der Waals surface area contributed by atoms with Gasteiger partial charge in [-0.25, -0.2) is 0 Å². The molecule has 3 rings (SSSR count). The van der Waals surface area contributed by atoms with Gasteiger partial charge in [0.25, 0.3) is 5.91 Å². The van der Waals surface area contributed by atoms with Crippen molar-refractivity contribution in [3.05, 3.63) is 76.9 Å². The molecule has 0 aliphatic heterocycles. The maximum atomic E-state index is 12.9. The molecule has 1 aromatic heterocycles. The summed E-state index contributed by atoms with van der Waals surface area (Å²) in [6, 6.07) is 13.1. The highest BCUT2D eigenvalue weighted by molar-refractivity contribution is 6.33. The van der Waals surface area contributed by atoms with Crippen LogP contribution in [0.1, 0.15) is 36.2 Å². The zero-order valence-corrected chi connectivity index (χ0v) is 21.4. The summed E-state index contributed by atoms with van der Waals surface area (Å²) in [6.45, 7) is 4.41. The second-order valence-corrected chi connectivity index (χ2v) is 9.26. The highest BCUT2D eigenvalue weighted by Gasteiger charge is 2.31. The summed E-state index contributed by atoms with van der Waals surface area (Å²) < 4.78 is 44.5. The van der Waals surface area contributed by atoms with Crippen LogP contribution in [0.15, 0.2) is 60.8 Å². The van der Waals surface area contributed by atoms with E-state index >= 15 is 0 Å². The van der Waals surface area contributed by atoms with Crippen molar-refractivity contribution in [1.82, 2.24) is 10.3 Å². The number of nitrogens with one attached hydrogen (secondary N) is 2. The van der Waals surface area contributed by atoms with Crippen LogP contribution in [0.4, 0.5) is 18.9 Å². The Balaban J connectivity index is 1.58. The number of carbonyl (C=O) groups is 2. The van der Waals surface area contributed by atoms with Crippen molar-refractivity contribution in [2.45, 2.75) is 32.5 Å². The van der Waals surface area contributed by atoms with Crippen molar-refractivity contribution in [2.24, 2.45) is 5.92 Å². The Morgan fingerprint density at radius 3 is 2.34 bits per heavy atom.